The zero-order valence-electron chi connectivity index (χ0n) is 27.5. The molecule has 2 N–H and O–H groups in total. The Balaban J connectivity index is 1.53. The molecule has 254 valence electrons. The number of aromatic amines is 1. The van der Waals surface area contributed by atoms with Crippen molar-refractivity contribution in [2.24, 2.45) is 5.41 Å². The number of methoxy groups -OCH3 is 2. The third kappa shape index (κ3) is 7.43. The number of hydrogen-bond donors (Lipinski definition) is 2. The van der Waals surface area contributed by atoms with Gasteiger partial charge in [-0.2, -0.15) is 0 Å². The molecule has 5 rings (SSSR count). The van der Waals surface area contributed by atoms with Crippen molar-refractivity contribution in [2.75, 3.05) is 26.8 Å². The van der Waals surface area contributed by atoms with E-state index in [0.29, 0.717) is 11.5 Å². The maximum atomic E-state index is 12.9. The number of aromatic nitrogens is 2. The minimum absolute atomic E-state index is 0.0883. The fourth-order valence-electron chi connectivity index (χ4n) is 5.55. The van der Waals surface area contributed by atoms with Crippen LogP contribution in [-0.4, -0.2) is 64.9 Å². The van der Waals surface area contributed by atoms with Gasteiger partial charge in [-0.25, -0.2) is 4.79 Å². The lowest BCUT2D eigenvalue weighted by atomic mass is 9.80. The minimum Gasteiger partial charge on any atom is -0.497 e. The summed E-state index contributed by atoms with van der Waals surface area (Å²) < 4.78 is 31.3. The minimum atomic E-state index is -1.28. The Labute approximate surface area is 282 Å². The first-order valence-corrected chi connectivity index (χ1v) is 16.4. The van der Waals surface area contributed by atoms with Gasteiger partial charge in [-0.3, -0.25) is 19.1 Å². The van der Waals surface area contributed by atoms with Crippen LogP contribution in [0.15, 0.2) is 101 Å². The first kappa shape index (κ1) is 35.1. The quantitative estimate of drug-likeness (QED) is 0.163. The number of nitrogens with one attached hydrogen (secondary N) is 1. The second-order valence-corrected chi connectivity index (χ2v) is 13.2. The number of ether oxygens (including phenoxy) is 5. The molecule has 1 aromatic heterocycles. The number of carbonyl (C=O) groups excluding carboxylic acids is 1. The van der Waals surface area contributed by atoms with E-state index in [2.05, 4.69) is 4.98 Å². The molecular formula is C36H40N2O9S. The van der Waals surface area contributed by atoms with Gasteiger partial charge in [0.1, 0.15) is 41.4 Å². The molecule has 2 heterocycles. The van der Waals surface area contributed by atoms with Crippen LogP contribution >= 0.6 is 11.8 Å². The smallest absolute Gasteiger partial charge is 0.330 e. The molecule has 4 atom stereocenters. The van der Waals surface area contributed by atoms with Gasteiger partial charge in [0.05, 0.1) is 20.8 Å². The van der Waals surface area contributed by atoms with Crippen LogP contribution in [0.3, 0.4) is 0 Å². The Kier molecular flexibility index (Phi) is 10.9. The van der Waals surface area contributed by atoms with E-state index in [1.165, 1.54) is 12.3 Å². The largest absolute Gasteiger partial charge is 0.497 e. The van der Waals surface area contributed by atoms with Gasteiger partial charge in [0, 0.05) is 17.7 Å². The van der Waals surface area contributed by atoms with Crippen LogP contribution < -0.4 is 20.7 Å². The highest BCUT2D eigenvalue weighted by Gasteiger charge is 2.48. The predicted molar refractivity (Wildman–Crippen MR) is 181 cm³/mol. The molecule has 0 amide bonds. The van der Waals surface area contributed by atoms with Gasteiger partial charge in [0.15, 0.2) is 11.3 Å². The van der Waals surface area contributed by atoms with E-state index in [-0.39, 0.29) is 17.7 Å². The number of H-pyrrole nitrogens is 1. The zero-order valence-corrected chi connectivity index (χ0v) is 28.3. The standard InChI is InChI=1S/C36H40N2O9S/c1-35(2,3)33(41)48-22-45-31-30(40)28(47-32(31)38-20-19-29(39)37-34(38)42)21-46-36(23-9-7-6-8-10-23,24-11-15-26(43-4)16-12-24)25-13-17-27(44-5)18-14-25/h6-20,28,30-32,40H,21-22H2,1-5H3,(H,37,39,42)/t28-,30-,31-,32-/m1/s1. The number of aliphatic hydroxyl groups excluding tert-OH is 1. The maximum Gasteiger partial charge on any atom is 0.330 e. The summed E-state index contributed by atoms with van der Waals surface area (Å²) in [5, 5.41) is 11.6. The van der Waals surface area contributed by atoms with Gasteiger partial charge in [0.25, 0.3) is 5.56 Å². The number of carbonyl (C=O) groups is 1. The molecular weight excluding hydrogens is 636 g/mol. The lowest BCUT2D eigenvalue weighted by Gasteiger charge is -2.37. The highest BCUT2D eigenvalue weighted by molar-refractivity contribution is 8.13. The average Bonchev–Trinajstić information content (AvgIpc) is 3.39. The molecule has 1 fully saturated rings. The van der Waals surface area contributed by atoms with Crippen molar-refractivity contribution in [1.29, 1.82) is 0 Å². The molecule has 0 unspecified atom stereocenters. The van der Waals surface area contributed by atoms with Gasteiger partial charge in [0.2, 0.25) is 0 Å². The molecule has 1 aliphatic rings. The molecule has 4 aromatic rings. The number of rotatable bonds is 12. The van der Waals surface area contributed by atoms with Crippen LogP contribution in [-0.2, 0) is 24.6 Å². The summed E-state index contributed by atoms with van der Waals surface area (Å²) in [6.07, 6.45) is -3.18. The molecule has 1 aliphatic heterocycles. The van der Waals surface area contributed by atoms with E-state index in [1.54, 1.807) is 35.0 Å². The van der Waals surface area contributed by atoms with E-state index in [1.807, 2.05) is 78.9 Å². The highest BCUT2D eigenvalue weighted by Crippen LogP contribution is 2.43. The van der Waals surface area contributed by atoms with Crippen LogP contribution in [0.25, 0.3) is 0 Å². The molecule has 0 radical (unpaired) electrons. The van der Waals surface area contributed by atoms with Crippen molar-refractivity contribution in [3.8, 4) is 11.5 Å². The number of aliphatic hydroxyl groups is 1. The molecule has 0 aliphatic carbocycles. The molecule has 48 heavy (non-hydrogen) atoms. The van der Waals surface area contributed by atoms with E-state index in [4.69, 9.17) is 23.7 Å². The molecule has 12 heteroatoms. The lowest BCUT2D eigenvalue weighted by molar-refractivity contribution is -0.117. The van der Waals surface area contributed by atoms with Gasteiger partial charge in [-0.1, -0.05) is 87.1 Å². The Morgan fingerprint density at radius 1 is 0.875 bits per heavy atom. The number of thioether (sulfide) groups is 1. The third-order valence-corrected chi connectivity index (χ3v) is 9.27. The summed E-state index contributed by atoms with van der Waals surface area (Å²) in [6.45, 7) is 5.26. The van der Waals surface area contributed by atoms with Crippen LogP contribution in [0.4, 0.5) is 0 Å². The Bertz CT molecular complexity index is 1740. The summed E-state index contributed by atoms with van der Waals surface area (Å²) in [5.41, 5.74) is -0.731. The Hall–Kier alpha value is -4.20. The van der Waals surface area contributed by atoms with Crippen LogP contribution in [0.5, 0.6) is 11.5 Å². The van der Waals surface area contributed by atoms with Crippen molar-refractivity contribution in [3.05, 3.63) is 129 Å². The molecule has 1 saturated heterocycles. The van der Waals surface area contributed by atoms with E-state index in [9.17, 15) is 19.5 Å². The number of nitrogens with zero attached hydrogens (tertiary/aromatic N) is 1. The van der Waals surface area contributed by atoms with Crippen LogP contribution in [0, 0.1) is 5.41 Å². The number of benzene rings is 3. The van der Waals surface area contributed by atoms with E-state index >= 15 is 0 Å². The SMILES string of the molecule is COc1ccc(C(OC[C@H]2O[C@@H](n3ccc(=O)[nH]c3=O)[C@H](OCSC(=O)C(C)(C)C)[C@@H]2O)(c2ccccc2)c2ccc(OC)cc2)cc1. The summed E-state index contributed by atoms with van der Waals surface area (Å²) in [7, 11) is 3.19. The predicted octanol–water partition coefficient (Wildman–Crippen LogP) is 4.47. The lowest BCUT2D eigenvalue weighted by Crippen LogP contribution is -2.41. The zero-order chi connectivity index (χ0) is 34.5. The fourth-order valence-corrected chi connectivity index (χ4v) is 6.32. The number of hydrogen-bond acceptors (Lipinski definition) is 10. The van der Waals surface area contributed by atoms with Gasteiger partial charge in [-0.15, -0.1) is 0 Å². The van der Waals surface area contributed by atoms with Crippen molar-refractivity contribution >= 4 is 16.9 Å². The molecule has 0 bridgehead atoms. The maximum absolute atomic E-state index is 12.9. The van der Waals surface area contributed by atoms with Gasteiger partial charge < -0.3 is 28.8 Å². The summed E-state index contributed by atoms with van der Waals surface area (Å²) in [6, 6.07) is 25.9. The highest BCUT2D eigenvalue weighted by atomic mass is 32.2. The van der Waals surface area contributed by atoms with Gasteiger partial charge in [-0.05, 0) is 41.0 Å². The Morgan fingerprint density at radius 2 is 1.44 bits per heavy atom. The van der Waals surface area contributed by atoms with Crippen molar-refractivity contribution in [1.82, 2.24) is 9.55 Å². The summed E-state index contributed by atoms with van der Waals surface area (Å²) in [4.78, 5) is 39.5. The van der Waals surface area contributed by atoms with Crippen molar-refractivity contribution < 1.29 is 33.6 Å². The Morgan fingerprint density at radius 3 is 1.96 bits per heavy atom. The summed E-state index contributed by atoms with van der Waals surface area (Å²) >= 11 is 0.968. The van der Waals surface area contributed by atoms with Gasteiger partial charge >= 0.3 is 5.69 Å². The first-order chi connectivity index (χ1) is 23.0. The summed E-state index contributed by atoms with van der Waals surface area (Å²) in [5.74, 6) is 1.25. The monoisotopic (exact) mass is 676 g/mol. The third-order valence-electron chi connectivity index (χ3n) is 8.14. The second kappa shape index (κ2) is 14.9. The molecule has 0 spiro atoms. The fraction of sp³-hybridized carbons (Fsp3) is 0.361. The van der Waals surface area contributed by atoms with Crippen molar-refractivity contribution in [2.45, 2.75) is 50.9 Å². The van der Waals surface area contributed by atoms with Crippen LogP contribution in [0.2, 0.25) is 0 Å². The second-order valence-electron chi connectivity index (χ2n) is 12.3. The molecule has 0 saturated carbocycles. The first-order valence-electron chi connectivity index (χ1n) is 15.4. The average molecular weight is 677 g/mol. The van der Waals surface area contributed by atoms with Crippen LogP contribution in [0.1, 0.15) is 43.7 Å². The topological polar surface area (TPSA) is 138 Å². The molecule has 11 nitrogen and oxygen atoms in total. The van der Waals surface area contributed by atoms with Crippen molar-refractivity contribution in [3.63, 3.8) is 0 Å². The van der Waals surface area contributed by atoms with E-state index < -0.39 is 46.8 Å². The normalized spacial score (nSPS) is 19.6. The van der Waals surface area contributed by atoms with E-state index in [0.717, 1.165) is 33.0 Å². The molecule has 3 aromatic carbocycles.